The largest absolute Gasteiger partial charge is 0.456 e. The zero-order valence-electron chi connectivity index (χ0n) is 15.6. The number of aromatic nitrogens is 1. The molecular formula is C21H23N3O3S. The minimum absolute atomic E-state index is 0.245. The van der Waals surface area contributed by atoms with Crippen molar-refractivity contribution in [2.24, 2.45) is 0 Å². The van der Waals surface area contributed by atoms with Crippen molar-refractivity contribution in [3.8, 4) is 23.3 Å². The predicted molar refractivity (Wildman–Crippen MR) is 107 cm³/mol. The Morgan fingerprint density at radius 1 is 1.07 bits per heavy atom. The van der Waals surface area contributed by atoms with Crippen LogP contribution in [0.2, 0.25) is 0 Å². The standard InChI is InChI=1S/C21H23N3O3S/c25-28(26,24-12-1-2-13-24)21-9-7-19(8-10-21)27-20-14-17(15-22-16-20)5-6-18-4-3-11-23-18/h7-10,14-16,18,23H,1-4,11-13H2/t18-/m0/s1. The number of nitrogens with zero attached hydrogens (tertiary/aromatic N) is 2. The molecule has 0 radical (unpaired) electrons. The van der Waals surface area contributed by atoms with Gasteiger partial charge < -0.3 is 10.1 Å². The highest BCUT2D eigenvalue weighted by Crippen LogP contribution is 2.25. The van der Waals surface area contributed by atoms with Crippen molar-refractivity contribution in [1.82, 2.24) is 14.6 Å². The third-order valence-electron chi connectivity index (χ3n) is 4.93. The van der Waals surface area contributed by atoms with Crippen LogP contribution in [0.25, 0.3) is 0 Å². The van der Waals surface area contributed by atoms with Crippen molar-refractivity contribution in [1.29, 1.82) is 0 Å². The van der Waals surface area contributed by atoms with E-state index in [0.29, 0.717) is 29.5 Å². The van der Waals surface area contributed by atoms with Crippen LogP contribution in [0.5, 0.6) is 11.5 Å². The smallest absolute Gasteiger partial charge is 0.243 e. The van der Waals surface area contributed by atoms with E-state index < -0.39 is 10.0 Å². The van der Waals surface area contributed by atoms with Gasteiger partial charge in [0, 0.05) is 24.8 Å². The van der Waals surface area contributed by atoms with Gasteiger partial charge in [0.25, 0.3) is 0 Å². The van der Waals surface area contributed by atoms with E-state index >= 15 is 0 Å². The first kappa shape index (κ1) is 18.9. The number of sulfonamides is 1. The molecule has 1 aromatic heterocycles. The molecule has 0 bridgehead atoms. The molecule has 7 heteroatoms. The van der Waals surface area contributed by atoms with E-state index in [4.69, 9.17) is 4.74 Å². The second-order valence-electron chi connectivity index (χ2n) is 7.01. The molecule has 1 aromatic carbocycles. The fourth-order valence-electron chi connectivity index (χ4n) is 3.41. The Kier molecular flexibility index (Phi) is 5.62. The van der Waals surface area contributed by atoms with E-state index in [9.17, 15) is 8.42 Å². The predicted octanol–water partition coefficient (Wildman–Crippen LogP) is 2.76. The summed E-state index contributed by atoms with van der Waals surface area (Å²) in [5, 5.41) is 3.34. The second kappa shape index (κ2) is 8.31. The van der Waals surface area contributed by atoms with E-state index in [0.717, 1.165) is 37.8 Å². The highest BCUT2D eigenvalue weighted by molar-refractivity contribution is 7.89. The van der Waals surface area contributed by atoms with Gasteiger partial charge in [-0.2, -0.15) is 4.31 Å². The fraction of sp³-hybridized carbons (Fsp3) is 0.381. The zero-order valence-corrected chi connectivity index (χ0v) is 16.4. The van der Waals surface area contributed by atoms with Crippen molar-refractivity contribution >= 4 is 10.0 Å². The van der Waals surface area contributed by atoms with Crippen LogP contribution < -0.4 is 10.1 Å². The van der Waals surface area contributed by atoms with E-state index in [2.05, 4.69) is 22.1 Å². The van der Waals surface area contributed by atoms with Crippen LogP contribution in [-0.2, 0) is 10.0 Å². The lowest BCUT2D eigenvalue weighted by Crippen LogP contribution is -2.27. The van der Waals surface area contributed by atoms with Crippen LogP contribution in [0, 0.1) is 11.8 Å². The number of rotatable bonds is 4. The van der Waals surface area contributed by atoms with Gasteiger partial charge in [-0.05, 0) is 62.6 Å². The average Bonchev–Trinajstić information content (AvgIpc) is 3.41. The van der Waals surface area contributed by atoms with Crippen molar-refractivity contribution in [2.75, 3.05) is 19.6 Å². The third kappa shape index (κ3) is 4.36. The van der Waals surface area contributed by atoms with Gasteiger partial charge in [-0.3, -0.25) is 4.98 Å². The fourth-order valence-corrected chi connectivity index (χ4v) is 4.93. The maximum atomic E-state index is 12.6. The minimum Gasteiger partial charge on any atom is -0.456 e. The highest BCUT2D eigenvalue weighted by Gasteiger charge is 2.26. The van der Waals surface area contributed by atoms with Crippen LogP contribution in [0.3, 0.4) is 0 Å². The Morgan fingerprint density at radius 2 is 1.86 bits per heavy atom. The SMILES string of the molecule is O=S(=O)(c1ccc(Oc2cncc(C#C[C@@H]3CCCN3)c2)cc1)N1CCCC1. The Bertz CT molecular complexity index is 982. The van der Waals surface area contributed by atoms with Crippen LogP contribution in [0.1, 0.15) is 31.2 Å². The van der Waals surface area contributed by atoms with Crippen LogP contribution in [-0.4, -0.2) is 43.4 Å². The molecule has 3 heterocycles. The van der Waals surface area contributed by atoms with Crippen molar-refractivity contribution in [3.63, 3.8) is 0 Å². The maximum absolute atomic E-state index is 12.6. The van der Waals surface area contributed by atoms with Gasteiger partial charge in [-0.1, -0.05) is 11.8 Å². The van der Waals surface area contributed by atoms with E-state index in [1.165, 1.54) is 4.31 Å². The normalized spacial score (nSPS) is 19.9. The molecule has 0 amide bonds. The van der Waals surface area contributed by atoms with Gasteiger partial charge in [-0.25, -0.2) is 8.42 Å². The summed E-state index contributed by atoms with van der Waals surface area (Å²) < 4.78 is 32.5. The summed E-state index contributed by atoms with van der Waals surface area (Å²) in [5.74, 6) is 7.48. The van der Waals surface area contributed by atoms with E-state index in [1.54, 1.807) is 36.7 Å². The van der Waals surface area contributed by atoms with Gasteiger partial charge in [0.05, 0.1) is 17.1 Å². The topological polar surface area (TPSA) is 71.5 Å². The molecule has 0 unspecified atom stereocenters. The van der Waals surface area contributed by atoms with Gasteiger partial charge in [0.1, 0.15) is 11.5 Å². The summed E-state index contributed by atoms with van der Waals surface area (Å²) >= 11 is 0. The molecule has 0 spiro atoms. The summed E-state index contributed by atoms with van der Waals surface area (Å²) in [6.45, 7) is 2.21. The van der Waals surface area contributed by atoms with Crippen LogP contribution in [0.15, 0.2) is 47.6 Å². The quantitative estimate of drug-likeness (QED) is 0.804. The number of pyridine rings is 1. The Balaban J connectivity index is 1.45. The number of nitrogens with one attached hydrogen (secondary N) is 1. The zero-order chi connectivity index (χ0) is 19.4. The Hall–Kier alpha value is -2.40. The molecule has 2 aliphatic heterocycles. The molecule has 2 aromatic rings. The van der Waals surface area contributed by atoms with E-state index in [-0.39, 0.29) is 6.04 Å². The first-order valence-electron chi connectivity index (χ1n) is 9.59. The first-order chi connectivity index (χ1) is 13.6. The average molecular weight is 398 g/mol. The van der Waals surface area contributed by atoms with Crippen LogP contribution >= 0.6 is 0 Å². The Labute approximate surface area is 166 Å². The molecule has 6 nitrogen and oxygen atoms in total. The molecule has 2 fully saturated rings. The third-order valence-corrected chi connectivity index (χ3v) is 6.84. The molecule has 1 atom stereocenters. The van der Waals surface area contributed by atoms with Crippen molar-refractivity contribution in [3.05, 3.63) is 48.3 Å². The van der Waals surface area contributed by atoms with E-state index in [1.807, 2.05) is 6.07 Å². The molecule has 2 aliphatic rings. The van der Waals surface area contributed by atoms with Gasteiger partial charge in [0.2, 0.25) is 10.0 Å². The molecule has 0 aliphatic carbocycles. The minimum atomic E-state index is -3.41. The summed E-state index contributed by atoms with van der Waals surface area (Å²) in [5.41, 5.74) is 0.791. The second-order valence-corrected chi connectivity index (χ2v) is 8.95. The summed E-state index contributed by atoms with van der Waals surface area (Å²) in [6.07, 6.45) is 7.40. The molecule has 4 rings (SSSR count). The lowest BCUT2D eigenvalue weighted by molar-refractivity contribution is 0.474. The van der Waals surface area contributed by atoms with Gasteiger partial charge in [-0.15, -0.1) is 0 Å². The van der Waals surface area contributed by atoms with Crippen LogP contribution in [0.4, 0.5) is 0 Å². The van der Waals surface area contributed by atoms with Gasteiger partial charge >= 0.3 is 0 Å². The molecular weight excluding hydrogens is 374 g/mol. The summed E-state index contributed by atoms with van der Waals surface area (Å²) in [7, 11) is -3.41. The number of benzene rings is 1. The monoisotopic (exact) mass is 397 g/mol. The van der Waals surface area contributed by atoms with Crippen molar-refractivity contribution < 1.29 is 13.2 Å². The Morgan fingerprint density at radius 3 is 2.57 bits per heavy atom. The summed E-state index contributed by atoms with van der Waals surface area (Å²) in [6, 6.07) is 8.60. The molecule has 2 saturated heterocycles. The first-order valence-corrected chi connectivity index (χ1v) is 11.0. The number of ether oxygens (including phenoxy) is 1. The summed E-state index contributed by atoms with van der Waals surface area (Å²) in [4.78, 5) is 4.48. The molecule has 146 valence electrons. The number of hydrogen-bond donors (Lipinski definition) is 1. The van der Waals surface area contributed by atoms with Crippen molar-refractivity contribution in [2.45, 2.75) is 36.6 Å². The molecule has 1 N–H and O–H groups in total. The lowest BCUT2D eigenvalue weighted by Gasteiger charge is -2.15. The maximum Gasteiger partial charge on any atom is 0.243 e. The number of hydrogen-bond acceptors (Lipinski definition) is 5. The molecule has 28 heavy (non-hydrogen) atoms. The molecule has 0 saturated carbocycles. The lowest BCUT2D eigenvalue weighted by atomic mass is 10.2. The highest BCUT2D eigenvalue weighted by atomic mass is 32.2. The van der Waals surface area contributed by atoms with Gasteiger partial charge in [0.15, 0.2) is 0 Å².